The number of nitrogens with one attached hydrogen (secondary N) is 1. The molecule has 0 radical (unpaired) electrons. The van der Waals surface area contributed by atoms with E-state index in [0.29, 0.717) is 17.3 Å². The molecule has 6 heteroatoms. The molecule has 23 heavy (non-hydrogen) atoms. The Balaban J connectivity index is 1.86. The monoisotopic (exact) mass is 332 g/mol. The molecule has 1 amide bonds. The Bertz CT molecular complexity index is 692. The second-order valence-electron chi connectivity index (χ2n) is 4.48. The summed E-state index contributed by atoms with van der Waals surface area (Å²) < 4.78 is 18.9. The molecule has 2 aromatic carbocycles. The van der Waals surface area contributed by atoms with Gasteiger partial charge >= 0.3 is 0 Å². The lowest BCUT2D eigenvalue weighted by Crippen LogP contribution is -2.19. The van der Waals surface area contributed by atoms with Crippen LogP contribution in [0.4, 0.5) is 4.39 Å². The Morgan fingerprint density at radius 2 is 2.00 bits per heavy atom. The zero-order valence-corrected chi connectivity index (χ0v) is 13.5. The van der Waals surface area contributed by atoms with Gasteiger partial charge in [0.25, 0.3) is 0 Å². The standard InChI is InChI=1S/C17H17FN2O2S/c1-2-22-15-9-5-3-7-13(15)11-19-20-17(21)12-23-16-10-6-4-8-14(16)18/h3-11H,2,12H2,1H3,(H,20,21)/b19-11+. The van der Waals surface area contributed by atoms with Gasteiger partial charge in [-0.25, -0.2) is 9.82 Å². The number of benzene rings is 2. The average Bonchev–Trinajstić information content (AvgIpc) is 2.56. The highest BCUT2D eigenvalue weighted by molar-refractivity contribution is 8.00. The zero-order valence-electron chi connectivity index (χ0n) is 12.7. The first-order valence-electron chi connectivity index (χ1n) is 7.11. The minimum Gasteiger partial charge on any atom is -0.493 e. The van der Waals surface area contributed by atoms with E-state index in [-0.39, 0.29) is 17.5 Å². The number of thioether (sulfide) groups is 1. The number of ether oxygens (including phenoxy) is 1. The molecule has 1 N–H and O–H groups in total. The van der Waals surface area contributed by atoms with E-state index in [1.54, 1.807) is 18.2 Å². The Morgan fingerprint density at radius 3 is 2.78 bits per heavy atom. The van der Waals surface area contributed by atoms with Crippen LogP contribution < -0.4 is 10.2 Å². The molecule has 0 fully saturated rings. The number of nitrogens with zero attached hydrogens (tertiary/aromatic N) is 1. The third-order valence-electron chi connectivity index (χ3n) is 2.81. The largest absolute Gasteiger partial charge is 0.493 e. The van der Waals surface area contributed by atoms with Crippen LogP contribution in [0.3, 0.4) is 0 Å². The van der Waals surface area contributed by atoms with Gasteiger partial charge in [-0.1, -0.05) is 24.3 Å². The van der Waals surface area contributed by atoms with Gasteiger partial charge in [0.05, 0.1) is 18.6 Å². The van der Waals surface area contributed by atoms with Crippen molar-refractivity contribution in [1.82, 2.24) is 5.43 Å². The minimum absolute atomic E-state index is 0.0887. The molecule has 4 nitrogen and oxygen atoms in total. The molecule has 0 aliphatic rings. The average molecular weight is 332 g/mol. The summed E-state index contributed by atoms with van der Waals surface area (Å²) in [6, 6.07) is 13.7. The number of hydrogen-bond acceptors (Lipinski definition) is 4. The number of amides is 1. The van der Waals surface area contributed by atoms with Gasteiger partial charge in [0.15, 0.2) is 0 Å². The molecule has 0 bridgehead atoms. The Morgan fingerprint density at radius 1 is 1.26 bits per heavy atom. The number of halogens is 1. The normalized spacial score (nSPS) is 10.7. The number of carbonyl (C=O) groups excluding carboxylic acids is 1. The van der Waals surface area contributed by atoms with Gasteiger partial charge in [-0.15, -0.1) is 11.8 Å². The van der Waals surface area contributed by atoms with Crippen LogP contribution in [0.15, 0.2) is 58.5 Å². The Hall–Kier alpha value is -2.34. The molecule has 0 aromatic heterocycles. The van der Waals surface area contributed by atoms with Crippen LogP contribution in [0.2, 0.25) is 0 Å². The molecule has 0 aliphatic heterocycles. The molecule has 0 spiro atoms. The number of rotatable bonds is 7. The van der Waals surface area contributed by atoms with Crippen molar-refractivity contribution in [1.29, 1.82) is 0 Å². The number of carbonyl (C=O) groups is 1. The highest BCUT2D eigenvalue weighted by Gasteiger charge is 2.05. The van der Waals surface area contributed by atoms with Crippen molar-refractivity contribution in [2.75, 3.05) is 12.4 Å². The van der Waals surface area contributed by atoms with E-state index in [2.05, 4.69) is 10.5 Å². The van der Waals surface area contributed by atoms with Crippen LogP contribution in [0.25, 0.3) is 0 Å². The SMILES string of the molecule is CCOc1ccccc1/C=N/NC(=O)CSc1ccccc1F. The molecular weight excluding hydrogens is 315 g/mol. The van der Waals surface area contributed by atoms with Crippen LogP contribution in [0, 0.1) is 5.82 Å². The molecule has 0 saturated carbocycles. The molecule has 120 valence electrons. The summed E-state index contributed by atoms with van der Waals surface area (Å²) >= 11 is 1.13. The predicted molar refractivity (Wildman–Crippen MR) is 90.5 cm³/mol. The van der Waals surface area contributed by atoms with E-state index in [4.69, 9.17) is 4.74 Å². The predicted octanol–water partition coefficient (Wildman–Crippen LogP) is 3.47. The quantitative estimate of drug-likeness (QED) is 0.480. The highest BCUT2D eigenvalue weighted by atomic mass is 32.2. The van der Waals surface area contributed by atoms with Crippen molar-refractivity contribution in [2.45, 2.75) is 11.8 Å². The molecule has 0 unspecified atom stereocenters. The maximum Gasteiger partial charge on any atom is 0.250 e. The first-order valence-corrected chi connectivity index (χ1v) is 8.10. The van der Waals surface area contributed by atoms with E-state index in [9.17, 15) is 9.18 Å². The first-order chi connectivity index (χ1) is 11.2. The van der Waals surface area contributed by atoms with Crippen LogP contribution >= 0.6 is 11.8 Å². The molecule has 0 saturated heterocycles. The fourth-order valence-electron chi connectivity index (χ4n) is 1.79. The van der Waals surface area contributed by atoms with Crippen molar-refractivity contribution in [3.63, 3.8) is 0 Å². The maximum absolute atomic E-state index is 13.4. The smallest absolute Gasteiger partial charge is 0.250 e. The molecule has 0 aliphatic carbocycles. The minimum atomic E-state index is -0.334. The third kappa shape index (κ3) is 5.41. The van der Waals surface area contributed by atoms with E-state index < -0.39 is 0 Å². The Labute approximate surface area is 138 Å². The third-order valence-corrected chi connectivity index (χ3v) is 3.86. The maximum atomic E-state index is 13.4. The fourth-order valence-corrected chi connectivity index (χ4v) is 2.52. The number of hydrogen-bond donors (Lipinski definition) is 1. The summed E-state index contributed by atoms with van der Waals surface area (Å²) in [5.41, 5.74) is 3.20. The van der Waals surface area contributed by atoms with E-state index in [1.807, 2.05) is 31.2 Å². The van der Waals surface area contributed by atoms with Gasteiger partial charge < -0.3 is 4.74 Å². The summed E-state index contributed by atoms with van der Waals surface area (Å²) in [7, 11) is 0. The van der Waals surface area contributed by atoms with Crippen molar-refractivity contribution in [3.05, 3.63) is 59.9 Å². The fraction of sp³-hybridized carbons (Fsp3) is 0.176. The highest BCUT2D eigenvalue weighted by Crippen LogP contribution is 2.20. The number of para-hydroxylation sites is 1. The number of hydrazone groups is 1. The molecule has 0 heterocycles. The van der Waals surface area contributed by atoms with Gasteiger partial charge in [-0.05, 0) is 31.2 Å². The van der Waals surface area contributed by atoms with Gasteiger partial charge in [-0.3, -0.25) is 4.79 Å². The van der Waals surface area contributed by atoms with E-state index >= 15 is 0 Å². The van der Waals surface area contributed by atoms with Gasteiger partial charge in [0.2, 0.25) is 5.91 Å². The topological polar surface area (TPSA) is 50.7 Å². The lowest BCUT2D eigenvalue weighted by atomic mass is 10.2. The van der Waals surface area contributed by atoms with Crippen LogP contribution in [0.5, 0.6) is 5.75 Å². The van der Waals surface area contributed by atoms with Gasteiger partial charge in [0, 0.05) is 10.5 Å². The van der Waals surface area contributed by atoms with E-state index in [1.165, 1.54) is 12.3 Å². The summed E-state index contributed by atoms with van der Waals surface area (Å²) in [5.74, 6) is 0.155. The van der Waals surface area contributed by atoms with E-state index in [0.717, 1.165) is 17.3 Å². The molecular formula is C17H17FN2O2S. The second kappa shape index (κ2) is 8.95. The molecule has 2 rings (SSSR count). The van der Waals surface area contributed by atoms with Crippen LogP contribution in [0.1, 0.15) is 12.5 Å². The van der Waals surface area contributed by atoms with Crippen molar-refractivity contribution in [3.8, 4) is 5.75 Å². The van der Waals surface area contributed by atoms with Crippen LogP contribution in [-0.4, -0.2) is 24.5 Å². The summed E-state index contributed by atoms with van der Waals surface area (Å²) in [4.78, 5) is 12.2. The first kappa shape index (κ1) is 17.0. The molecule has 0 atom stereocenters. The molecule has 2 aromatic rings. The van der Waals surface area contributed by atoms with Crippen molar-refractivity contribution >= 4 is 23.9 Å². The van der Waals surface area contributed by atoms with Crippen molar-refractivity contribution < 1.29 is 13.9 Å². The van der Waals surface area contributed by atoms with Gasteiger partial charge in [-0.2, -0.15) is 5.10 Å². The lowest BCUT2D eigenvalue weighted by Gasteiger charge is -2.06. The van der Waals surface area contributed by atoms with Crippen molar-refractivity contribution in [2.24, 2.45) is 5.10 Å². The summed E-state index contributed by atoms with van der Waals surface area (Å²) in [6.07, 6.45) is 1.52. The zero-order chi connectivity index (χ0) is 16.5. The summed E-state index contributed by atoms with van der Waals surface area (Å²) in [5, 5.41) is 3.91. The van der Waals surface area contributed by atoms with Gasteiger partial charge in [0.1, 0.15) is 11.6 Å². The second-order valence-corrected chi connectivity index (χ2v) is 5.50. The Kier molecular flexibility index (Phi) is 6.62. The lowest BCUT2D eigenvalue weighted by molar-refractivity contribution is -0.118. The van der Waals surface area contributed by atoms with Crippen LogP contribution in [-0.2, 0) is 4.79 Å². The summed E-state index contributed by atoms with van der Waals surface area (Å²) in [6.45, 7) is 2.45.